The van der Waals surface area contributed by atoms with E-state index in [0.29, 0.717) is 42.6 Å². The van der Waals surface area contributed by atoms with E-state index in [0.717, 1.165) is 24.6 Å². The standard InChI is InChI=1S/C25H22F6N2O4S2/c26-24(27,28)16-9-15(10-17(11-16)25(29,30)31)19-2-1-18(37-19)12-20-22(36)33(23(38)39-20)13-14-3-6-32(7-4-14)8-5-21(34)35/h1-2,9-12,14H,3-8,13H2,(H,34,35). The first kappa shape index (κ1) is 29.2. The molecule has 0 bridgehead atoms. The summed E-state index contributed by atoms with van der Waals surface area (Å²) in [5.74, 6) is -1.20. The van der Waals surface area contributed by atoms with Crippen molar-refractivity contribution in [1.29, 1.82) is 0 Å². The maximum Gasteiger partial charge on any atom is 0.416 e. The summed E-state index contributed by atoms with van der Waals surface area (Å²) in [5, 5.41) is 8.83. The zero-order valence-electron chi connectivity index (χ0n) is 20.1. The molecule has 1 amide bonds. The van der Waals surface area contributed by atoms with Crippen molar-refractivity contribution in [1.82, 2.24) is 9.80 Å². The van der Waals surface area contributed by atoms with Gasteiger partial charge in [-0.2, -0.15) is 26.3 Å². The molecular formula is C25H22F6N2O4S2. The van der Waals surface area contributed by atoms with Crippen molar-refractivity contribution in [2.45, 2.75) is 31.6 Å². The zero-order valence-corrected chi connectivity index (χ0v) is 21.8. The van der Waals surface area contributed by atoms with Gasteiger partial charge in [0.1, 0.15) is 15.8 Å². The predicted molar refractivity (Wildman–Crippen MR) is 135 cm³/mol. The van der Waals surface area contributed by atoms with Crippen LogP contribution >= 0.6 is 24.0 Å². The summed E-state index contributed by atoms with van der Waals surface area (Å²) in [5.41, 5.74) is -3.32. The Bertz CT molecular complexity index is 1260. The van der Waals surface area contributed by atoms with Gasteiger partial charge in [-0.3, -0.25) is 14.5 Å². The van der Waals surface area contributed by atoms with Gasteiger partial charge in [0.15, 0.2) is 0 Å². The van der Waals surface area contributed by atoms with Crippen LogP contribution in [0.3, 0.4) is 0 Å². The molecule has 0 atom stereocenters. The fourth-order valence-electron chi connectivity index (χ4n) is 4.37. The highest BCUT2D eigenvalue weighted by Gasteiger charge is 2.38. The van der Waals surface area contributed by atoms with Crippen LogP contribution < -0.4 is 0 Å². The van der Waals surface area contributed by atoms with Crippen molar-refractivity contribution in [2.24, 2.45) is 5.92 Å². The average molecular weight is 593 g/mol. The van der Waals surface area contributed by atoms with Gasteiger partial charge in [0.25, 0.3) is 5.91 Å². The second-order valence-corrected chi connectivity index (χ2v) is 10.9. The third kappa shape index (κ3) is 7.22. The largest absolute Gasteiger partial charge is 0.481 e. The molecule has 2 fully saturated rings. The third-order valence-electron chi connectivity index (χ3n) is 6.44. The Kier molecular flexibility index (Phi) is 8.47. The van der Waals surface area contributed by atoms with Gasteiger partial charge in [-0.1, -0.05) is 24.0 Å². The lowest BCUT2D eigenvalue weighted by atomic mass is 9.96. The van der Waals surface area contributed by atoms with Crippen LogP contribution in [0.4, 0.5) is 26.3 Å². The van der Waals surface area contributed by atoms with E-state index in [1.807, 2.05) is 0 Å². The Labute approximate surface area is 228 Å². The van der Waals surface area contributed by atoms with E-state index in [2.05, 4.69) is 4.90 Å². The zero-order chi connectivity index (χ0) is 28.5. The van der Waals surface area contributed by atoms with E-state index in [1.165, 1.54) is 23.1 Å². The van der Waals surface area contributed by atoms with Crippen LogP contribution in [0, 0.1) is 5.92 Å². The van der Waals surface area contributed by atoms with Crippen molar-refractivity contribution in [2.75, 3.05) is 26.2 Å². The molecule has 1 aromatic heterocycles. The molecule has 2 aliphatic rings. The predicted octanol–water partition coefficient (Wildman–Crippen LogP) is 6.37. The number of halogens is 6. The minimum absolute atomic E-state index is 0.0403. The summed E-state index contributed by atoms with van der Waals surface area (Å²) in [7, 11) is 0. The smallest absolute Gasteiger partial charge is 0.416 e. The Morgan fingerprint density at radius 1 is 1.08 bits per heavy atom. The molecular weight excluding hydrogens is 570 g/mol. The average Bonchev–Trinajstić information content (AvgIpc) is 3.42. The van der Waals surface area contributed by atoms with Crippen molar-refractivity contribution < 1.29 is 45.5 Å². The van der Waals surface area contributed by atoms with E-state index >= 15 is 0 Å². The van der Waals surface area contributed by atoms with Crippen LogP contribution in [-0.4, -0.2) is 57.3 Å². The second kappa shape index (κ2) is 11.3. The molecule has 2 aliphatic heterocycles. The Morgan fingerprint density at radius 3 is 2.26 bits per heavy atom. The van der Waals surface area contributed by atoms with Gasteiger partial charge in [0.05, 0.1) is 22.5 Å². The molecule has 3 heterocycles. The molecule has 2 saturated heterocycles. The molecule has 4 rings (SSSR count). The number of piperidine rings is 1. The monoisotopic (exact) mass is 592 g/mol. The summed E-state index contributed by atoms with van der Waals surface area (Å²) >= 11 is 6.39. The lowest BCUT2D eigenvalue weighted by molar-refractivity contribution is -0.143. The van der Waals surface area contributed by atoms with Crippen LogP contribution in [0.25, 0.3) is 17.4 Å². The van der Waals surface area contributed by atoms with Gasteiger partial charge < -0.3 is 14.4 Å². The molecule has 0 aliphatic carbocycles. The number of furan rings is 1. The number of carboxylic acid groups (broad SMARTS) is 1. The topological polar surface area (TPSA) is 74.0 Å². The van der Waals surface area contributed by atoms with Gasteiger partial charge in [0, 0.05) is 24.7 Å². The highest BCUT2D eigenvalue weighted by Crippen LogP contribution is 2.40. The van der Waals surface area contributed by atoms with Crippen molar-refractivity contribution >= 4 is 46.3 Å². The summed E-state index contributed by atoms with van der Waals surface area (Å²) in [6.45, 7) is 2.28. The number of alkyl halides is 6. The molecule has 1 aromatic carbocycles. The van der Waals surface area contributed by atoms with Crippen LogP contribution in [0.1, 0.15) is 36.1 Å². The maximum absolute atomic E-state index is 13.2. The number of hydrogen-bond donors (Lipinski definition) is 1. The molecule has 2 aromatic rings. The van der Waals surface area contributed by atoms with E-state index in [-0.39, 0.29) is 40.7 Å². The number of benzene rings is 1. The van der Waals surface area contributed by atoms with Crippen molar-refractivity contribution in [3.8, 4) is 11.3 Å². The first-order chi connectivity index (χ1) is 18.2. The molecule has 210 valence electrons. The van der Waals surface area contributed by atoms with Gasteiger partial charge in [-0.15, -0.1) is 0 Å². The van der Waals surface area contributed by atoms with Gasteiger partial charge in [0.2, 0.25) is 0 Å². The highest BCUT2D eigenvalue weighted by atomic mass is 32.2. The number of thiocarbonyl (C=S) groups is 1. The fourth-order valence-corrected chi connectivity index (χ4v) is 5.63. The lowest BCUT2D eigenvalue weighted by Crippen LogP contribution is -2.40. The number of likely N-dealkylation sites (tertiary alicyclic amines) is 1. The minimum atomic E-state index is -4.99. The van der Waals surface area contributed by atoms with Gasteiger partial charge >= 0.3 is 18.3 Å². The molecule has 39 heavy (non-hydrogen) atoms. The number of amides is 1. The molecule has 1 N–H and O–H groups in total. The first-order valence-electron chi connectivity index (χ1n) is 11.8. The molecule has 0 spiro atoms. The fraction of sp³-hybridized carbons (Fsp3) is 0.400. The van der Waals surface area contributed by atoms with Gasteiger partial charge in [-0.05, 0) is 62.2 Å². The molecule has 0 saturated carbocycles. The van der Waals surface area contributed by atoms with E-state index in [1.54, 1.807) is 0 Å². The quantitative estimate of drug-likeness (QED) is 0.228. The number of nitrogens with zero attached hydrogens (tertiary/aromatic N) is 2. The van der Waals surface area contributed by atoms with Crippen molar-refractivity contribution in [3.05, 3.63) is 52.1 Å². The molecule has 6 nitrogen and oxygen atoms in total. The summed E-state index contributed by atoms with van der Waals surface area (Å²) in [4.78, 5) is 27.5. The summed E-state index contributed by atoms with van der Waals surface area (Å²) < 4.78 is 85.1. The van der Waals surface area contributed by atoms with Gasteiger partial charge in [-0.25, -0.2) is 0 Å². The maximum atomic E-state index is 13.2. The summed E-state index contributed by atoms with van der Waals surface area (Å²) in [6, 6.07) is 3.77. The van der Waals surface area contributed by atoms with E-state index in [4.69, 9.17) is 21.7 Å². The third-order valence-corrected chi connectivity index (χ3v) is 7.81. The highest BCUT2D eigenvalue weighted by molar-refractivity contribution is 8.26. The van der Waals surface area contributed by atoms with E-state index < -0.39 is 35.0 Å². The Balaban J connectivity index is 1.46. The number of carbonyl (C=O) groups excluding carboxylic acids is 1. The number of carboxylic acids is 1. The number of aliphatic carboxylic acids is 1. The Hall–Kier alpha value is -2.84. The second-order valence-electron chi connectivity index (χ2n) is 9.22. The SMILES string of the molecule is O=C(O)CCN1CCC(CN2C(=O)C(=Cc3ccc(-c4cc(C(F)(F)F)cc(C(F)(F)F)c4)o3)SC2=S)CC1. The Morgan fingerprint density at radius 2 is 1.69 bits per heavy atom. The number of thioether (sulfide) groups is 1. The molecule has 14 heteroatoms. The van der Waals surface area contributed by atoms with Crippen LogP contribution in [0.2, 0.25) is 0 Å². The summed E-state index contributed by atoms with van der Waals surface area (Å²) in [6.07, 6.45) is -7.02. The molecule has 0 radical (unpaired) electrons. The van der Waals surface area contributed by atoms with Crippen LogP contribution in [0.5, 0.6) is 0 Å². The number of carbonyl (C=O) groups is 2. The molecule has 0 unspecified atom stereocenters. The van der Waals surface area contributed by atoms with Crippen molar-refractivity contribution in [3.63, 3.8) is 0 Å². The first-order valence-corrected chi connectivity index (χ1v) is 13.0. The normalized spacial score (nSPS) is 18.9. The van der Waals surface area contributed by atoms with Crippen LogP contribution in [-0.2, 0) is 21.9 Å². The number of hydrogen-bond acceptors (Lipinski definition) is 6. The lowest BCUT2D eigenvalue weighted by Gasteiger charge is -2.33. The van der Waals surface area contributed by atoms with E-state index in [9.17, 15) is 35.9 Å². The minimum Gasteiger partial charge on any atom is -0.481 e. The van der Waals surface area contributed by atoms with Crippen LogP contribution in [0.15, 0.2) is 39.7 Å². The number of rotatable bonds is 7.